The van der Waals surface area contributed by atoms with Crippen molar-refractivity contribution in [2.75, 3.05) is 6.61 Å². The van der Waals surface area contributed by atoms with Crippen LogP contribution in [0.4, 0.5) is 0 Å². The van der Waals surface area contributed by atoms with Crippen LogP contribution in [0, 0.1) is 5.92 Å². The summed E-state index contributed by atoms with van der Waals surface area (Å²) in [7, 11) is 0. The second-order valence-electron chi connectivity index (χ2n) is 3.17. The van der Waals surface area contributed by atoms with Crippen molar-refractivity contribution in [1.29, 1.82) is 0 Å². The highest BCUT2D eigenvalue weighted by Crippen LogP contribution is 2.14. The average Bonchev–Trinajstić information content (AvgIpc) is 2.12. The number of hydrogen-bond acceptors (Lipinski definition) is 3. The van der Waals surface area contributed by atoms with E-state index in [0.717, 1.165) is 6.42 Å². The zero-order valence-corrected chi connectivity index (χ0v) is 8.78. The van der Waals surface area contributed by atoms with Gasteiger partial charge in [0.05, 0.1) is 12.5 Å². The van der Waals surface area contributed by atoms with E-state index in [1.54, 1.807) is 6.92 Å². The van der Waals surface area contributed by atoms with Crippen molar-refractivity contribution in [2.24, 2.45) is 5.92 Å². The monoisotopic (exact) mass is 202 g/mol. The molecule has 0 radical (unpaired) electrons. The lowest BCUT2D eigenvalue weighted by Crippen LogP contribution is -2.16. The first-order chi connectivity index (χ1) is 6.61. The number of rotatable bonds is 7. The van der Waals surface area contributed by atoms with Gasteiger partial charge >= 0.3 is 11.9 Å². The molecule has 14 heavy (non-hydrogen) atoms. The SMILES string of the molecule is CCCC(CCC(=O)OCC)C(=O)O. The van der Waals surface area contributed by atoms with Crippen LogP contribution in [0.3, 0.4) is 0 Å². The largest absolute Gasteiger partial charge is 0.481 e. The lowest BCUT2D eigenvalue weighted by molar-refractivity contribution is -0.145. The molecule has 0 saturated carbocycles. The molecule has 4 nitrogen and oxygen atoms in total. The number of carboxylic acids is 1. The van der Waals surface area contributed by atoms with Crippen molar-refractivity contribution in [2.45, 2.75) is 39.5 Å². The minimum Gasteiger partial charge on any atom is -0.481 e. The Kier molecular flexibility index (Phi) is 6.80. The molecule has 0 bridgehead atoms. The summed E-state index contributed by atoms with van der Waals surface area (Å²) in [5.41, 5.74) is 0. The fraction of sp³-hybridized carbons (Fsp3) is 0.800. The number of esters is 1. The lowest BCUT2D eigenvalue weighted by atomic mass is 9.98. The van der Waals surface area contributed by atoms with Crippen LogP contribution in [0.2, 0.25) is 0 Å². The summed E-state index contributed by atoms with van der Waals surface area (Å²) in [6.45, 7) is 4.02. The molecule has 1 N–H and O–H groups in total. The standard InChI is InChI=1S/C10H18O4/c1-3-5-8(10(12)13)6-7-9(11)14-4-2/h8H,3-7H2,1-2H3,(H,12,13). The Bertz CT molecular complexity index is 189. The number of hydrogen-bond donors (Lipinski definition) is 1. The predicted molar refractivity (Wildman–Crippen MR) is 51.9 cm³/mol. The maximum absolute atomic E-state index is 11.0. The lowest BCUT2D eigenvalue weighted by Gasteiger charge is -2.09. The molecular weight excluding hydrogens is 184 g/mol. The Morgan fingerprint density at radius 3 is 2.36 bits per heavy atom. The van der Waals surface area contributed by atoms with Crippen molar-refractivity contribution in [3.05, 3.63) is 0 Å². The van der Waals surface area contributed by atoms with Gasteiger partial charge in [0, 0.05) is 6.42 Å². The fourth-order valence-electron chi connectivity index (χ4n) is 1.26. The van der Waals surface area contributed by atoms with Crippen LogP contribution in [0.15, 0.2) is 0 Å². The normalized spacial score (nSPS) is 12.1. The molecule has 0 aromatic carbocycles. The number of aliphatic carboxylic acids is 1. The van der Waals surface area contributed by atoms with Gasteiger partial charge in [-0.25, -0.2) is 0 Å². The van der Waals surface area contributed by atoms with Gasteiger partial charge in [-0.2, -0.15) is 0 Å². The van der Waals surface area contributed by atoms with Gasteiger partial charge in [-0.1, -0.05) is 13.3 Å². The second kappa shape index (κ2) is 7.35. The van der Waals surface area contributed by atoms with Crippen LogP contribution in [-0.4, -0.2) is 23.7 Å². The number of carboxylic acid groups (broad SMARTS) is 1. The van der Waals surface area contributed by atoms with E-state index in [1.165, 1.54) is 0 Å². The molecule has 4 heteroatoms. The molecule has 1 unspecified atom stereocenters. The van der Waals surface area contributed by atoms with Gasteiger partial charge < -0.3 is 9.84 Å². The Balaban J connectivity index is 3.81. The smallest absolute Gasteiger partial charge is 0.306 e. The molecule has 0 aliphatic carbocycles. The summed E-state index contributed by atoms with van der Waals surface area (Å²) >= 11 is 0. The molecule has 0 aromatic heterocycles. The van der Waals surface area contributed by atoms with Crippen LogP contribution < -0.4 is 0 Å². The first-order valence-corrected chi connectivity index (χ1v) is 5.00. The van der Waals surface area contributed by atoms with E-state index in [4.69, 9.17) is 9.84 Å². The van der Waals surface area contributed by atoms with Gasteiger partial charge in [0.25, 0.3) is 0 Å². The van der Waals surface area contributed by atoms with E-state index in [0.29, 0.717) is 19.4 Å². The van der Waals surface area contributed by atoms with E-state index in [1.807, 2.05) is 6.92 Å². The molecule has 0 aliphatic heterocycles. The van der Waals surface area contributed by atoms with Crippen molar-refractivity contribution in [1.82, 2.24) is 0 Å². The van der Waals surface area contributed by atoms with E-state index in [9.17, 15) is 9.59 Å². The van der Waals surface area contributed by atoms with Crippen LogP contribution in [-0.2, 0) is 14.3 Å². The third-order valence-electron chi connectivity index (χ3n) is 1.99. The highest BCUT2D eigenvalue weighted by atomic mass is 16.5. The van der Waals surface area contributed by atoms with Gasteiger partial charge in [0.1, 0.15) is 0 Å². The van der Waals surface area contributed by atoms with Gasteiger partial charge in [0.2, 0.25) is 0 Å². The summed E-state index contributed by atoms with van der Waals surface area (Å²) < 4.78 is 4.72. The number of ether oxygens (including phenoxy) is 1. The highest BCUT2D eigenvalue weighted by molar-refractivity contribution is 5.73. The maximum Gasteiger partial charge on any atom is 0.306 e. The highest BCUT2D eigenvalue weighted by Gasteiger charge is 2.17. The van der Waals surface area contributed by atoms with Crippen LogP contribution >= 0.6 is 0 Å². The molecule has 0 heterocycles. The van der Waals surface area contributed by atoms with Crippen molar-refractivity contribution >= 4 is 11.9 Å². The average molecular weight is 202 g/mol. The van der Waals surface area contributed by atoms with Gasteiger partial charge in [-0.15, -0.1) is 0 Å². The molecular formula is C10H18O4. The quantitative estimate of drug-likeness (QED) is 0.640. The fourth-order valence-corrected chi connectivity index (χ4v) is 1.26. The summed E-state index contributed by atoms with van der Waals surface area (Å²) in [6.07, 6.45) is 2.02. The van der Waals surface area contributed by atoms with Gasteiger partial charge in [-0.3, -0.25) is 9.59 Å². The van der Waals surface area contributed by atoms with Gasteiger partial charge in [-0.05, 0) is 19.8 Å². The molecule has 82 valence electrons. The Labute approximate surface area is 84.3 Å². The van der Waals surface area contributed by atoms with E-state index < -0.39 is 11.9 Å². The molecule has 0 saturated heterocycles. The molecule has 0 spiro atoms. The Morgan fingerprint density at radius 2 is 1.93 bits per heavy atom. The predicted octanol–water partition coefficient (Wildman–Crippen LogP) is 1.83. The zero-order chi connectivity index (χ0) is 11.0. The third-order valence-corrected chi connectivity index (χ3v) is 1.99. The molecule has 0 fully saturated rings. The summed E-state index contributed by atoms with van der Waals surface area (Å²) in [4.78, 5) is 21.7. The Morgan fingerprint density at radius 1 is 1.29 bits per heavy atom. The van der Waals surface area contributed by atoms with E-state index in [2.05, 4.69) is 0 Å². The van der Waals surface area contributed by atoms with Crippen LogP contribution in [0.5, 0.6) is 0 Å². The molecule has 0 aliphatic rings. The van der Waals surface area contributed by atoms with Crippen molar-refractivity contribution in [3.63, 3.8) is 0 Å². The zero-order valence-electron chi connectivity index (χ0n) is 8.78. The topological polar surface area (TPSA) is 63.6 Å². The minimum atomic E-state index is -0.823. The van der Waals surface area contributed by atoms with Crippen molar-refractivity contribution in [3.8, 4) is 0 Å². The molecule has 1 atom stereocenters. The number of carbonyl (C=O) groups is 2. The summed E-state index contributed by atoms with van der Waals surface area (Å²) in [5.74, 6) is -1.55. The van der Waals surface area contributed by atoms with Crippen LogP contribution in [0.1, 0.15) is 39.5 Å². The van der Waals surface area contributed by atoms with Crippen molar-refractivity contribution < 1.29 is 19.4 Å². The minimum absolute atomic E-state index is 0.199. The van der Waals surface area contributed by atoms with E-state index in [-0.39, 0.29) is 12.4 Å². The number of carbonyl (C=O) groups excluding carboxylic acids is 1. The van der Waals surface area contributed by atoms with Crippen LogP contribution in [0.25, 0.3) is 0 Å². The third kappa shape index (κ3) is 5.56. The first-order valence-electron chi connectivity index (χ1n) is 5.00. The Hall–Kier alpha value is -1.06. The van der Waals surface area contributed by atoms with Gasteiger partial charge in [0.15, 0.2) is 0 Å². The molecule has 0 aromatic rings. The summed E-state index contributed by atoms with van der Waals surface area (Å²) in [5, 5.41) is 8.80. The summed E-state index contributed by atoms with van der Waals surface area (Å²) in [6, 6.07) is 0. The molecule has 0 rings (SSSR count). The maximum atomic E-state index is 11.0. The van der Waals surface area contributed by atoms with E-state index >= 15 is 0 Å². The molecule has 0 amide bonds. The second-order valence-corrected chi connectivity index (χ2v) is 3.17. The first kappa shape index (κ1) is 12.9.